The molecular weight excluding hydrogens is 196 g/mol. The van der Waals surface area contributed by atoms with Crippen molar-refractivity contribution in [2.24, 2.45) is 0 Å². The Balaban J connectivity index is 2.05. The summed E-state index contributed by atoms with van der Waals surface area (Å²) in [6.45, 7) is 0. The molecule has 1 aliphatic carbocycles. The van der Waals surface area contributed by atoms with Crippen molar-refractivity contribution in [1.29, 1.82) is 0 Å². The molecule has 78 valence electrons. The number of rotatable bonds is 1. The highest BCUT2D eigenvalue weighted by Crippen LogP contribution is 2.27. The van der Waals surface area contributed by atoms with Crippen molar-refractivity contribution in [3.8, 4) is 16.9 Å². The van der Waals surface area contributed by atoms with Gasteiger partial charge in [0.1, 0.15) is 5.75 Å². The van der Waals surface area contributed by atoms with Gasteiger partial charge in [0.05, 0.1) is 0 Å². The molecule has 0 aliphatic heterocycles. The third-order valence-electron chi connectivity index (χ3n) is 2.98. The molecule has 0 heterocycles. The van der Waals surface area contributed by atoms with Gasteiger partial charge in [-0.3, -0.25) is 0 Å². The van der Waals surface area contributed by atoms with Crippen molar-refractivity contribution >= 4 is 6.08 Å². The Hall–Kier alpha value is -2.02. The summed E-state index contributed by atoms with van der Waals surface area (Å²) in [5, 5.41) is 9.25. The van der Waals surface area contributed by atoms with E-state index in [9.17, 15) is 5.11 Å². The van der Waals surface area contributed by atoms with Gasteiger partial charge < -0.3 is 5.11 Å². The predicted molar refractivity (Wildman–Crippen MR) is 66.3 cm³/mol. The van der Waals surface area contributed by atoms with Crippen LogP contribution >= 0.6 is 0 Å². The molecule has 0 saturated heterocycles. The van der Waals surface area contributed by atoms with E-state index >= 15 is 0 Å². The van der Waals surface area contributed by atoms with Crippen LogP contribution in [0.4, 0.5) is 0 Å². The number of phenols is 1. The van der Waals surface area contributed by atoms with Crippen molar-refractivity contribution in [2.75, 3.05) is 0 Å². The van der Waals surface area contributed by atoms with Crippen LogP contribution in [0.3, 0.4) is 0 Å². The van der Waals surface area contributed by atoms with Gasteiger partial charge in [-0.1, -0.05) is 42.5 Å². The molecule has 0 aromatic heterocycles. The van der Waals surface area contributed by atoms with E-state index in [1.807, 2.05) is 12.1 Å². The Morgan fingerprint density at radius 3 is 2.44 bits per heavy atom. The standard InChI is InChI=1S/C15H12O/c16-15-8-6-12(7-9-15)14-5-4-11-2-1-3-13(11)10-14/h1-2,4-10,16H,3H2. The Kier molecular flexibility index (Phi) is 2.03. The number of hydrogen-bond acceptors (Lipinski definition) is 1. The summed E-state index contributed by atoms with van der Waals surface area (Å²) in [6.07, 6.45) is 5.38. The Morgan fingerprint density at radius 2 is 1.62 bits per heavy atom. The normalized spacial score (nSPS) is 12.8. The molecule has 3 rings (SSSR count). The lowest BCUT2D eigenvalue weighted by Gasteiger charge is -2.05. The van der Waals surface area contributed by atoms with Crippen LogP contribution in [0.15, 0.2) is 48.5 Å². The minimum Gasteiger partial charge on any atom is -0.508 e. The Morgan fingerprint density at radius 1 is 0.875 bits per heavy atom. The largest absolute Gasteiger partial charge is 0.508 e. The third kappa shape index (κ3) is 1.50. The second-order valence-electron chi connectivity index (χ2n) is 4.07. The molecule has 1 N–H and O–H groups in total. The third-order valence-corrected chi connectivity index (χ3v) is 2.98. The van der Waals surface area contributed by atoms with E-state index in [4.69, 9.17) is 0 Å². The maximum absolute atomic E-state index is 9.25. The van der Waals surface area contributed by atoms with Crippen molar-refractivity contribution < 1.29 is 5.11 Å². The number of allylic oxidation sites excluding steroid dienone is 1. The summed E-state index contributed by atoms with van der Waals surface area (Å²) < 4.78 is 0. The summed E-state index contributed by atoms with van der Waals surface area (Å²) in [4.78, 5) is 0. The first-order chi connectivity index (χ1) is 7.83. The molecule has 1 aliphatic rings. The fourth-order valence-corrected chi connectivity index (χ4v) is 2.09. The lowest BCUT2D eigenvalue weighted by atomic mass is 10.0. The highest BCUT2D eigenvalue weighted by molar-refractivity contribution is 5.70. The SMILES string of the molecule is Oc1ccc(-c2ccc3c(c2)CC=C3)cc1. The van der Waals surface area contributed by atoms with Gasteiger partial charge >= 0.3 is 0 Å². The molecule has 0 saturated carbocycles. The second-order valence-corrected chi connectivity index (χ2v) is 4.07. The van der Waals surface area contributed by atoms with E-state index in [1.165, 1.54) is 16.7 Å². The minimum absolute atomic E-state index is 0.312. The maximum atomic E-state index is 9.25. The van der Waals surface area contributed by atoms with Crippen LogP contribution < -0.4 is 0 Å². The monoisotopic (exact) mass is 208 g/mol. The van der Waals surface area contributed by atoms with Crippen molar-refractivity contribution in [2.45, 2.75) is 6.42 Å². The zero-order valence-electron chi connectivity index (χ0n) is 8.85. The van der Waals surface area contributed by atoms with Crippen LogP contribution in [0.5, 0.6) is 5.75 Å². The van der Waals surface area contributed by atoms with Gasteiger partial charge in [0.25, 0.3) is 0 Å². The van der Waals surface area contributed by atoms with Gasteiger partial charge in [0, 0.05) is 0 Å². The highest BCUT2D eigenvalue weighted by Gasteiger charge is 2.06. The van der Waals surface area contributed by atoms with E-state index < -0.39 is 0 Å². The highest BCUT2D eigenvalue weighted by atomic mass is 16.3. The summed E-state index contributed by atoms with van der Waals surface area (Å²) in [7, 11) is 0. The van der Waals surface area contributed by atoms with E-state index in [0.717, 1.165) is 12.0 Å². The number of hydrogen-bond donors (Lipinski definition) is 1. The Bertz CT molecular complexity index is 550. The second kappa shape index (κ2) is 3.53. The average molecular weight is 208 g/mol. The Labute approximate surface area is 94.7 Å². The van der Waals surface area contributed by atoms with Crippen LogP contribution in [-0.4, -0.2) is 5.11 Å². The molecule has 16 heavy (non-hydrogen) atoms. The first-order valence-corrected chi connectivity index (χ1v) is 5.42. The lowest BCUT2D eigenvalue weighted by molar-refractivity contribution is 0.475. The zero-order chi connectivity index (χ0) is 11.0. The van der Waals surface area contributed by atoms with E-state index in [-0.39, 0.29) is 0 Å². The van der Waals surface area contributed by atoms with Gasteiger partial charge in [-0.2, -0.15) is 0 Å². The van der Waals surface area contributed by atoms with Gasteiger partial charge in [-0.25, -0.2) is 0 Å². The lowest BCUT2D eigenvalue weighted by Crippen LogP contribution is -1.84. The smallest absolute Gasteiger partial charge is 0.115 e. The first kappa shape index (κ1) is 9.22. The predicted octanol–water partition coefficient (Wildman–Crippen LogP) is 3.63. The van der Waals surface area contributed by atoms with Crippen LogP contribution in [0.25, 0.3) is 17.2 Å². The molecule has 0 bridgehead atoms. The van der Waals surface area contributed by atoms with Gasteiger partial charge in [0.15, 0.2) is 0 Å². The van der Waals surface area contributed by atoms with Gasteiger partial charge in [-0.15, -0.1) is 0 Å². The fourth-order valence-electron chi connectivity index (χ4n) is 2.09. The average Bonchev–Trinajstić information content (AvgIpc) is 2.77. The zero-order valence-corrected chi connectivity index (χ0v) is 8.85. The molecule has 1 nitrogen and oxygen atoms in total. The summed E-state index contributed by atoms with van der Waals surface area (Å²) in [6, 6.07) is 13.8. The van der Waals surface area contributed by atoms with Crippen LogP contribution in [-0.2, 0) is 6.42 Å². The van der Waals surface area contributed by atoms with Gasteiger partial charge in [0.2, 0.25) is 0 Å². The summed E-state index contributed by atoms with van der Waals surface area (Å²) in [5.41, 5.74) is 5.06. The molecule has 0 spiro atoms. The van der Waals surface area contributed by atoms with E-state index in [0.29, 0.717) is 5.75 Å². The molecule has 0 amide bonds. The molecule has 2 aromatic carbocycles. The molecule has 0 atom stereocenters. The number of phenolic OH excluding ortho intramolecular Hbond substituents is 1. The first-order valence-electron chi connectivity index (χ1n) is 5.42. The van der Waals surface area contributed by atoms with E-state index in [2.05, 4.69) is 30.4 Å². The van der Waals surface area contributed by atoms with Crippen molar-refractivity contribution in [1.82, 2.24) is 0 Å². The van der Waals surface area contributed by atoms with Crippen LogP contribution in [0, 0.1) is 0 Å². The summed E-state index contributed by atoms with van der Waals surface area (Å²) in [5.74, 6) is 0.312. The summed E-state index contributed by atoms with van der Waals surface area (Å²) >= 11 is 0. The topological polar surface area (TPSA) is 20.2 Å². The number of aromatic hydroxyl groups is 1. The van der Waals surface area contributed by atoms with E-state index in [1.54, 1.807) is 12.1 Å². The van der Waals surface area contributed by atoms with Gasteiger partial charge in [-0.05, 0) is 40.8 Å². The molecular formula is C15H12O. The van der Waals surface area contributed by atoms with Crippen molar-refractivity contribution in [3.63, 3.8) is 0 Å². The van der Waals surface area contributed by atoms with Crippen LogP contribution in [0.1, 0.15) is 11.1 Å². The molecule has 2 aromatic rings. The maximum Gasteiger partial charge on any atom is 0.115 e. The van der Waals surface area contributed by atoms with Crippen molar-refractivity contribution in [3.05, 3.63) is 59.7 Å². The minimum atomic E-state index is 0.312. The molecule has 1 heteroatoms. The molecule has 0 radical (unpaired) electrons. The number of fused-ring (bicyclic) bond motifs is 1. The van der Waals surface area contributed by atoms with Crippen LogP contribution in [0.2, 0.25) is 0 Å². The fraction of sp³-hybridized carbons (Fsp3) is 0.0667. The number of benzene rings is 2. The quantitative estimate of drug-likeness (QED) is 0.758. The molecule has 0 unspecified atom stereocenters. The molecule has 0 fully saturated rings.